The minimum atomic E-state index is 0.299. The third-order valence-electron chi connectivity index (χ3n) is 3.43. The zero-order chi connectivity index (χ0) is 14.2. The fourth-order valence-corrected chi connectivity index (χ4v) is 3.30. The number of rotatable bonds is 3. The van der Waals surface area contributed by atoms with Gasteiger partial charge in [-0.25, -0.2) is 9.97 Å². The molecule has 5 nitrogen and oxygen atoms in total. The van der Waals surface area contributed by atoms with Gasteiger partial charge in [0.25, 0.3) is 0 Å². The number of nitrogens with one attached hydrogen (secondary N) is 1. The highest BCUT2D eigenvalue weighted by atomic mass is 32.1. The van der Waals surface area contributed by atoms with E-state index in [9.17, 15) is 0 Å². The van der Waals surface area contributed by atoms with Crippen LogP contribution in [0.2, 0.25) is 0 Å². The maximum Gasteiger partial charge on any atom is 0.231 e. The van der Waals surface area contributed by atoms with Gasteiger partial charge in [-0.15, -0.1) is 11.3 Å². The second-order valence-electron chi connectivity index (χ2n) is 4.86. The monoisotopic (exact) mass is 299 g/mol. The molecule has 0 saturated carbocycles. The van der Waals surface area contributed by atoms with Crippen molar-refractivity contribution in [2.45, 2.75) is 13.5 Å². The molecule has 6 heteroatoms. The van der Waals surface area contributed by atoms with Crippen LogP contribution >= 0.6 is 11.3 Å². The molecule has 1 N–H and O–H groups in total. The van der Waals surface area contributed by atoms with Gasteiger partial charge in [0.1, 0.15) is 12.1 Å². The maximum atomic E-state index is 5.39. The Balaban J connectivity index is 1.58. The summed E-state index contributed by atoms with van der Waals surface area (Å²) in [4.78, 5) is 8.67. The van der Waals surface area contributed by atoms with E-state index in [0.29, 0.717) is 13.3 Å². The van der Waals surface area contributed by atoms with Crippen LogP contribution in [-0.2, 0) is 6.54 Å². The van der Waals surface area contributed by atoms with E-state index in [-0.39, 0.29) is 0 Å². The standard InChI is InChI=1S/C15H13N3O2S/c1-9-6-21-14-13(9)17-7-18-15(14)16-5-10-2-3-11-12(4-10)20-8-19-11/h2-4,6-7H,5,8H2,1H3,(H,16,17,18). The van der Waals surface area contributed by atoms with Crippen LogP contribution in [0, 0.1) is 6.92 Å². The summed E-state index contributed by atoms with van der Waals surface area (Å²) >= 11 is 1.66. The molecule has 0 saturated heterocycles. The third-order valence-corrected chi connectivity index (χ3v) is 4.52. The summed E-state index contributed by atoms with van der Waals surface area (Å²) in [7, 11) is 0. The van der Waals surface area contributed by atoms with Gasteiger partial charge in [0.05, 0.1) is 10.2 Å². The largest absolute Gasteiger partial charge is 0.454 e. The van der Waals surface area contributed by atoms with Gasteiger partial charge in [-0.05, 0) is 35.6 Å². The minimum absolute atomic E-state index is 0.299. The van der Waals surface area contributed by atoms with Crippen molar-refractivity contribution >= 4 is 27.4 Å². The fraction of sp³-hybridized carbons (Fsp3) is 0.200. The zero-order valence-corrected chi connectivity index (χ0v) is 12.2. The number of nitrogens with zero attached hydrogens (tertiary/aromatic N) is 2. The number of ether oxygens (including phenoxy) is 2. The first-order valence-electron chi connectivity index (χ1n) is 6.62. The molecule has 0 unspecified atom stereocenters. The molecule has 0 amide bonds. The van der Waals surface area contributed by atoms with E-state index in [1.165, 1.54) is 5.56 Å². The first-order chi connectivity index (χ1) is 10.3. The van der Waals surface area contributed by atoms with Crippen LogP contribution in [0.25, 0.3) is 10.2 Å². The summed E-state index contributed by atoms with van der Waals surface area (Å²) in [5.74, 6) is 2.47. The quantitative estimate of drug-likeness (QED) is 0.804. The van der Waals surface area contributed by atoms with Crippen LogP contribution in [0.4, 0.5) is 5.82 Å². The van der Waals surface area contributed by atoms with Crippen molar-refractivity contribution in [1.82, 2.24) is 9.97 Å². The van der Waals surface area contributed by atoms with Crippen molar-refractivity contribution in [2.75, 3.05) is 12.1 Å². The molecule has 3 heterocycles. The van der Waals surface area contributed by atoms with Crippen LogP contribution in [0.3, 0.4) is 0 Å². The molecule has 1 aliphatic rings. The molecule has 106 valence electrons. The van der Waals surface area contributed by atoms with Gasteiger partial charge in [0.15, 0.2) is 11.5 Å². The minimum Gasteiger partial charge on any atom is -0.454 e. The summed E-state index contributed by atoms with van der Waals surface area (Å²) in [5.41, 5.74) is 3.33. The topological polar surface area (TPSA) is 56.3 Å². The Morgan fingerprint density at radius 2 is 2.14 bits per heavy atom. The number of fused-ring (bicyclic) bond motifs is 2. The average molecular weight is 299 g/mol. The lowest BCUT2D eigenvalue weighted by Crippen LogP contribution is -2.01. The predicted octanol–water partition coefficient (Wildman–Crippen LogP) is 3.34. The molecule has 3 aromatic rings. The fourth-order valence-electron chi connectivity index (χ4n) is 2.33. The molecule has 4 rings (SSSR count). The van der Waals surface area contributed by atoms with E-state index < -0.39 is 0 Å². The van der Waals surface area contributed by atoms with Gasteiger partial charge < -0.3 is 14.8 Å². The Kier molecular flexibility index (Phi) is 2.89. The molecule has 1 aliphatic heterocycles. The molecule has 0 bridgehead atoms. The van der Waals surface area contributed by atoms with E-state index in [4.69, 9.17) is 9.47 Å². The highest BCUT2D eigenvalue weighted by Crippen LogP contribution is 2.33. The molecule has 0 fully saturated rings. The van der Waals surface area contributed by atoms with E-state index in [2.05, 4.69) is 27.6 Å². The summed E-state index contributed by atoms with van der Waals surface area (Å²) in [6.45, 7) is 3.04. The van der Waals surface area contributed by atoms with Gasteiger partial charge in [-0.2, -0.15) is 0 Å². The summed E-state index contributed by atoms with van der Waals surface area (Å²) in [6, 6.07) is 5.95. The predicted molar refractivity (Wildman–Crippen MR) is 82.0 cm³/mol. The van der Waals surface area contributed by atoms with Crippen LogP contribution < -0.4 is 14.8 Å². The number of anilines is 1. The van der Waals surface area contributed by atoms with Crippen molar-refractivity contribution in [3.63, 3.8) is 0 Å². The molecule has 0 spiro atoms. The lowest BCUT2D eigenvalue weighted by Gasteiger charge is -2.07. The third kappa shape index (κ3) is 2.17. The number of hydrogen-bond donors (Lipinski definition) is 1. The molecule has 21 heavy (non-hydrogen) atoms. The Morgan fingerprint density at radius 3 is 3.10 bits per heavy atom. The Morgan fingerprint density at radius 1 is 1.24 bits per heavy atom. The zero-order valence-electron chi connectivity index (χ0n) is 11.4. The van der Waals surface area contributed by atoms with Gasteiger partial charge in [-0.3, -0.25) is 0 Å². The normalized spacial score (nSPS) is 12.8. The molecule has 0 aliphatic carbocycles. The summed E-state index contributed by atoms with van der Waals surface area (Å²) < 4.78 is 11.8. The first-order valence-corrected chi connectivity index (χ1v) is 7.50. The van der Waals surface area contributed by atoms with Crippen LogP contribution in [0.1, 0.15) is 11.1 Å². The Labute approximate surface area is 125 Å². The Bertz CT molecular complexity index is 816. The van der Waals surface area contributed by atoms with E-state index in [0.717, 1.165) is 33.1 Å². The van der Waals surface area contributed by atoms with Gasteiger partial charge in [0, 0.05) is 6.54 Å². The second-order valence-corrected chi connectivity index (χ2v) is 5.74. The van der Waals surface area contributed by atoms with Crippen LogP contribution in [-0.4, -0.2) is 16.8 Å². The maximum absolute atomic E-state index is 5.39. The van der Waals surface area contributed by atoms with E-state index in [1.807, 2.05) is 18.2 Å². The van der Waals surface area contributed by atoms with Gasteiger partial charge in [0.2, 0.25) is 6.79 Å². The van der Waals surface area contributed by atoms with Crippen LogP contribution in [0.15, 0.2) is 29.9 Å². The first kappa shape index (κ1) is 12.4. The lowest BCUT2D eigenvalue weighted by atomic mass is 10.2. The second kappa shape index (κ2) is 4.89. The van der Waals surface area contributed by atoms with Gasteiger partial charge >= 0.3 is 0 Å². The average Bonchev–Trinajstić information content (AvgIpc) is 3.12. The number of aromatic nitrogens is 2. The van der Waals surface area contributed by atoms with Crippen molar-refractivity contribution in [3.05, 3.63) is 41.0 Å². The molecule has 0 atom stereocenters. The van der Waals surface area contributed by atoms with Crippen molar-refractivity contribution in [3.8, 4) is 11.5 Å². The van der Waals surface area contributed by atoms with Crippen LogP contribution in [0.5, 0.6) is 11.5 Å². The van der Waals surface area contributed by atoms with Gasteiger partial charge in [-0.1, -0.05) is 6.07 Å². The molecular formula is C15H13N3O2S. The van der Waals surface area contributed by atoms with Crippen molar-refractivity contribution in [1.29, 1.82) is 0 Å². The number of benzene rings is 1. The number of hydrogen-bond acceptors (Lipinski definition) is 6. The highest BCUT2D eigenvalue weighted by Gasteiger charge is 2.13. The van der Waals surface area contributed by atoms with Crippen molar-refractivity contribution in [2.24, 2.45) is 0 Å². The molecule has 0 radical (unpaired) electrons. The van der Waals surface area contributed by atoms with Crippen molar-refractivity contribution < 1.29 is 9.47 Å². The molecular weight excluding hydrogens is 286 g/mol. The SMILES string of the molecule is Cc1csc2c(NCc3ccc4c(c3)OCO4)ncnc12. The molecule has 2 aromatic heterocycles. The number of aryl methyl sites for hydroxylation is 1. The Hall–Kier alpha value is -2.34. The van der Waals surface area contributed by atoms with E-state index in [1.54, 1.807) is 17.7 Å². The summed E-state index contributed by atoms with van der Waals surface area (Å²) in [6.07, 6.45) is 1.60. The molecule has 1 aromatic carbocycles. The smallest absolute Gasteiger partial charge is 0.231 e. The summed E-state index contributed by atoms with van der Waals surface area (Å²) in [5, 5.41) is 5.47. The van der Waals surface area contributed by atoms with E-state index >= 15 is 0 Å². The lowest BCUT2D eigenvalue weighted by molar-refractivity contribution is 0.174. The number of thiophene rings is 1. The highest BCUT2D eigenvalue weighted by molar-refractivity contribution is 7.18.